The molecule has 0 aliphatic carbocycles. The highest BCUT2D eigenvalue weighted by molar-refractivity contribution is 6.36. The third-order valence-electron chi connectivity index (χ3n) is 2.64. The summed E-state index contributed by atoms with van der Waals surface area (Å²) in [6, 6.07) is 12.9. The van der Waals surface area contributed by atoms with E-state index >= 15 is 0 Å². The molecule has 0 aliphatic rings. The highest BCUT2D eigenvalue weighted by Crippen LogP contribution is 2.33. The third kappa shape index (κ3) is 2.17. The Morgan fingerprint density at radius 1 is 1.12 bits per heavy atom. The first-order valence-corrected chi connectivity index (χ1v) is 5.57. The zero-order valence-corrected chi connectivity index (χ0v) is 10.0. The molecule has 0 saturated carbocycles. The van der Waals surface area contributed by atoms with Crippen molar-refractivity contribution in [1.29, 1.82) is 0 Å². The Balaban J connectivity index is 2.69. The van der Waals surface area contributed by atoms with E-state index in [1.165, 1.54) is 6.07 Å². The average Bonchev–Trinajstić information content (AvgIpc) is 2.30. The van der Waals surface area contributed by atoms with E-state index in [4.69, 9.17) is 16.7 Å². The van der Waals surface area contributed by atoms with Crippen LogP contribution in [0.25, 0.3) is 11.1 Å². The third-order valence-corrected chi connectivity index (χ3v) is 3.04. The first kappa shape index (κ1) is 11.7. The van der Waals surface area contributed by atoms with E-state index in [0.29, 0.717) is 5.02 Å². The number of hydrogen-bond donors (Lipinski definition) is 1. The van der Waals surface area contributed by atoms with Gasteiger partial charge in [-0.2, -0.15) is 0 Å². The largest absolute Gasteiger partial charge is 0.478 e. The lowest BCUT2D eigenvalue weighted by Crippen LogP contribution is -1.99. The Hall–Kier alpha value is -1.80. The molecule has 1 N–H and O–H groups in total. The van der Waals surface area contributed by atoms with Crippen molar-refractivity contribution in [1.82, 2.24) is 0 Å². The highest BCUT2D eigenvalue weighted by atomic mass is 35.5. The van der Waals surface area contributed by atoms with Crippen molar-refractivity contribution in [3.63, 3.8) is 0 Å². The molecule has 0 aromatic heterocycles. The summed E-state index contributed by atoms with van der Waals surface area (Å²) in [4.78, 5) is 11.0. The van der Waals surface area contributed by atoms with Gasteiger partial charge in [-0.15, -0.1) is 0 Å². The van der Waals surface area contributed by atoms with Gasteiger partial charge in [-0.1, -0.05) is 48.0 Å². The molecule has 0 saturated heterocycles. The van der Waals surface area contributed by atoms with Crippen molar-refractivity contribution < 1.29 is 9.90 Å². The summed E-state index contributed by atoms with van der Waals surface area (Å²) < 4.78 is 0. The topological polar surface area (TPSA) is 37.3 Å². The lowest BCUT2D eigenvalue weighted by molar-refractivity contribution is 0.0697. The van der Waals surface area contributed by atoms with Gasteiger partial charge in [-0.05, 0) is 24.1 Å². The van der Waals surface area contributed by atoms with Gasteiger partial charge in [0.1, 0.15) is 0 Å². The summed E-state index contributed by atoms with van der Waals surface area (Å²) in [7, 11) is 0. The molecule has 2 nitrogen and oxygen atoms in total. The number of carboxylic acid groups (broad SMARTS) is 1. The summed E-state index contributed by atoms with van der Waals surface area (Å²) >= 11 is 6.16. The smallest absolute Gasteiger partial charge is 0.337 e. The van der Waals surface area contributed by atoms with E-state index in [1.807, 2.05) is 37.3 Å². The molecule has 17 heavy (non-hydrogen) atoms. The Labute approximate surface area is 104 Å². The van der Waals surface area contributed by atoms with Gasteiger partial charge in [0.2, 0.25) is 0 Å². The lowest BCUT2D eigenvalue weighted by Gasteiger charge is -2.10. The van der Waals surface area contributed by atoms with Crippen LogP contribution in [0.5, 0.6) is 0 Å². The molecular formula is C14H11ClO2. The number of aryl methyl sites for hydroxylation is 1. The normalized spacial score (nSPS) is 10.2. The molecule has 86 valence electrons. The maximum atomic E-state index is 11.0. The zero-order chi connectivity index (χ0) is 12.4. The van der Waals surface area contributed by atoms with Gasteiger partial charge in [-0.3, -0.25) is 0 Å². The maximum Gasteiger partial charge on any atom is 0.337 e. The minimum Gasteiger partial charge on any atom is -0.478 e. The van der Waals surface area contributed by atoms with Gasteiger partial charge in [0.25, 0.3) is 0 Å². The molecule has 0 radical (unpaired) electrons. The molecule has 2 aromatic rings. The fraction of sp³-hybridized carbons (Fsp3) is 0.0714. The second-order valence-electron chi connectivity index (χ2n) is 3.79. The predicted octanol–water partition coefficient (Wildman–Crippen LogP) is 4.01. The van der Waals surface area contributed by atoms with E-state index < -0.39 is 5.97 Å². The van der Waals surface area contributed by atoms with Crippen LogP contribution in [0, 0.1) is 6.92 Å². The standard InChI is InChI=1S/C14H11ClO2/c1-9-7-8-11(14(16)17)13(15)12(9)10-5-3-2-4-6-10/h2-8H,1H3,(H,16,17). The van der Waals surface area contributed by atoms with Gasteiger partial charge in [0.15, 0.2) is 0 Å². The van der Waals surface area contributed by atoms with Crippen LogP contribution in [0.2, 0.25) is 5.02 Å². The minimum atomic E-state index is -1.01. The van der Waals surface area contributed by atoms with E-state index in [9.17, 15) is 4.79 Å². The second kappa shape index (κ2) is 4.60. The van der Waals surface area contributed by atoms with E-state index in [1.54, 1.807) is 6.07 Å². The fourth-order valence-corrected chi connectivity index (χ4v) is 2.20. The van der Waals surface area contributed by atoms with Crippen molar-refractivity contribution in [3.8, 4) is 11.1 Å². The van der Waals surface area contributed by atoms with E-state index in [-0.39, 0.29) is 5.56 Å². The lowest BCUT2D eigenvalue weighted by atomic mass is 9.98. The molecule has 0 aliphatic heterocycles. The molecule has 0 atom stereocenters. The number of aromatic carboxylic acids is 1. The molecule has 0 unspecified atom stereocenters. The van der Waals surface area contributed by atoms with E-state index in [0.717, 1.165) is 16.7 Å². The van der Waals surface area contributed by atoms with Crippen molar-refractivity contribution in [3.05, 3.63) is 58.6 Å². The second-order valence-corrected chi connectivity index (χ2v) is 4.17. The Bertz CT molecular complexity index is 562. The summed E-state index contributed by atoms with van der Waals surface area (Å²) in [6.07, 6.45) is 0. The molecule has 0 fully saturated rings. The molecular weight excluding hydrogens is 236 g/mol. The molecule has 0 spiro atoms. The van der Waals surface area contributed by atoms with E-state index in [2.05, 4.69) is 0 Å². The van der Waals surface area contributed by atoms with Crippen LogP contribution in [0.3, 0.4) is 0 Å². The number of benzene rings is 2. The van der Waals surface area contributed by atoms with Crippen LogP contribution >= 0.6 is 11.6 Å². The minimum absolute atomic E-state index is 0.135. The van der Waals surface area contributed by atoms with Gasteiger partial charge >= 0.3 is 5.97 Å². The first-order chi connectivity index (χ1) is 8.11. The Kier molecular flexibility index (Phi) is 3.16. The quantitative estimate of drug-likeness (QED) is 0.869. The molecule has 0 heterocycles. The highest BCUT2D eigenvalue weighted by Gasteiger charge is 2.15. The fourth-order valence-electron chi connectivity index (χ4n) is 1.80. The number of carboxylic acids is 1. The monoisotopic (exact) mass is 246 g/mol. The van der Waals surface area contributed by atoms with Crippen molar-refractivity contribution in [2.24, 2.45) is 0 Å². The molecule has 0 bridgehead atoms. The number of hydrogen-bond acceptors (Lipinski definition) is 1. The van der Waals surface area contributed by atoms with Crippen LogP contribution in [-0.4, -0.2) is 11.1 Å². The average molecular weight is 247 g/mol. The van der Waals surface area contributed by atoms with Crippen molar-refractivity contribution in [2.45, 2.75) is 6.92 Å². The van der Waals surface area contributed by atoms with Crippen molar-refractivity contribution >= 4 is 17.6 Å². The Morgan fingerprint density at radius 2 is 1.76 bits per heavy atom. The summed E-state index contributed by atoms with van der Waals surface area (Å²) in [6.45, 7) is 1.92. The number of rotatable bonds is 2. The van der Waals surface area contributed by atoms with Crippen LogP contribution in [0.4, 0.5) is 0 Å². The maximum absolute atomic E-state index is 11.0. The van der Waals surface area contributed by atoms with Crippen molar-refractivity contribution in [2.75, 3.05) is 0 Å². The summed E-state index contributed by atoms with van der Waals surface area (Å²) in [5.41, 5.74) is 2.81. The van der Waals surface area contributed by atoms with Crippen LogP contribution in [0.1, 0.15) is 15.9 Å². The summed E-state index contributed by atoms with van der Waals surface area (Å²) in [5, 5.41) is 9.34. The van der Waals surface area contributed by atoms with Gasteiger partial charge in [0, 0.05) is 5.56 Å². The zero-order valence-electron chi connectivity index (χ0n) is 9.27. The molecule has 0 amide bonds. The number of halogens is 1. The summed E-state index contributed by atoms with van der Waals surface area (Å²) in [5.74, 6) is -1.01. The van der Waals surface area contributed by atoms with Gasteiger partial charge < -0.3 is 5.11 Å². The molecule has 2 rings (SSSR count). The first-order valence-electron chi connectivity index (χ1n) is 5.19. The predicted molar refractivity (Wildman–Crippen MR) is 68.6 cm³/mol. The van der Waals surface area contributed by atoms with Crippen LogP contribution < -0.4 is 0 Å². The SMILES string of the molecule is Cc1ccc(C(=O)O)c(Cl)c1-c1ccccc1. The number of carbonyl (C=O) groups is 1. The van der Waals surface area contributed by atoms with Crippen LogP contribution in [-0.2, 0) is 0 Å². The molecule has 2 aromatic carbocycles. The Morgan fingerprint density at radius 3 is 2.35 bits per heavy atom. The van der Waals surface area contributed by atoms with Gasteiger partial charge in [-0.25, -0.2) is 4.79 Å². The van der Waals surface area contributed by atoms with Crippen LogP contribution in [0.15, 0.2) is 42.5 Å². The van der Waals surface area contributed by atoms with Gasteiger partial charge in [0.05, 0.1) is 10.6 Å². The molecule has 3 heteroatoms.